The van der Waals surface area contributed by atoms with Gasteiger partial charge in [0.2, 0.25) is 5.82 Å². The molecule has 208 valence electrons. The summed E-state index contributed by atoms with van der Waals surface area (Å²) in [6.07, 6.45) is 9.99. The van der Waals surface area contributed by atoms with Crippen molar-refractivity contribution in [3.63, 3.8) is 0 Å². The molecule has 1 fully saturated rings. The number of ether oxygens (including phenoxy) is 2. The summed E-state index contributed by atoms with van der Waals surface area (Å²) in [5.74, 6) is -3.58. The van der Waals surface area contributed by atoms with Crippen molar-refractivity contribution in [1.82, 2.24) is 0 Å². The Kier molecular flexibility index (Phi) is 10.2. The molecule has 0 saturated carbocycles. The standard InChI is InChI=1S/C33H36F4O2/c1-3-5-7-9-22-10-18-28(39-21-22)27-16-15-25(30(34)32(27)36)23-11-13-24(14-12-23)26-17-19-29(33(37)31(26)35)38-20-8-6-4-2/h3,5,11-17,19,22,28H,4,6-10,18,20-21H2,1-2H3. The smallest absolute Gasteiger partial charge is 0.201 e. The van der Waals surface area contributed by atoms with Gasteiger partial charge in [0.15, 0.2) is 23.2 Å². The molecule has 2 atom stereocenters. The van der Waals surface area contributed by atoms with Gasteiger partial charge in [-0.15, -0.1) is 0 Å². The highest BCUT2D eigenvalue weighted by molar-refractivity contribution is 5.71. The van der Waals surface area contributed by atoms with Gasteiger partial charge in [-0.3, -0.25) is 0 Å². The van der Waals surface area contributed by atoms with Crippen molar-refractivity contribution < 1.29 is 27.0 Å². The van der Waals surface area contributed by atoms with Crippen LogP contribution >= 0.6 is 0 Å². The Morgan fingerprint density at radius 3 is 2.10 bits per heavy atom. The van der Waals surface area contributed by atoms with E-state index in [0.29, 0.717) is 36.7 Å². The normalized spacial score (nSPS) is 17.6. The molecule has 2 nitrogen and oxygen atoms in total. The van der Waals surface area contributed by atoms with Gasteiger partial charge in [-0.05, 0) is 68.2 Å². The minimum atomic E-state index is -1.04. The fourth-order valence-corrected chi connectivity index (χ4v) is 5.04. The average molecular weight is 541 g/mol. The van der Waals surface area contributed by atoms with Gasteiger partial charge in [-0.1, -0.05) is 68.3 Å². The third kappa shape index (κ3) is 6.91. The van der Waals surface area contributed by atoms with Crippen LogP contribution < -0.4 is 4.74 Å². The van der Waals surface area contributed by atoms with E-state index in [2.05, 4.69) is 13.0 Å². The summed E-state index contributed by atoms with van der Waals surface area (Å²) in [7, 11) is 0. The van der Waals surface area contributed by atoms with Crippen molar-refractivity contribution >= 4 is 0 Å². The van der Waals surface area contributed by atoms with Gasteiger partial charge in [0.05, 0.1) is 19.3 Å². The summed E-state index contributed by atoms with van der Waals surface area (Å²) >= 11 is 0. The van der Waals surface area contributed by atoms with E-state index in [-0.39, 0.29) is 22.4 Å². The second kappa shape index (κ2) is 13.8. The lowest BCUT2D eigenvalue weighted by Crippen LogP contribution is -2.21. The second-order valence-corrected chi connectivity index (χ2v) is 10.1. The van der Waals surface area contributed by atoms with Crippen molar-refractivity contribution in [3.8, 4) is 28.0 Å². The molecular weight excluding hydrogens is 504 g/mol. The topological polar surface area (TPSA) is 18.5 Å². The fraction of sp³-hybridized carbons (Fsp3) is 0.394. The zero-order chi connectivity index (χ0) is 27.8. The molecule has 0 amide bonds. The Hall–Kier alpha value is -3.12. The third-order valence-corrected chi connectivity index (χ3v) is 7.37. The summed E-state index contributed by atoms with van der Waals surface area (Å²) in [6, 6.07) is 12.3. The van der Waals surface area contributed by atoms with Crippen LogP contribution in [0.4, 0.5) is 17.6 Å². The minimum Gasteiger partial charge on any atom is -0.490 e. The van der Waals surface area contributed by atoms with E-state index in [1.54, 1.807) is 36.4 Å². The SMILES string of the molecule is CC=CCCC1CCC(c2ccc(-c3ccc(-c4ccc(OCCCCC)c(F)c4F)cc3)c(F)c2F)OC1. The summed E-state index contributed by atoms with van der Waals surface area (Å²) in [5.41, 5.74) is 1.26. The van der Waals surface area contributed by atoms with Crippen LogP contribution in [0.15, 0.2) is 60.7 Å². The molecule has 1 heterocycles. The molecule has 1 aliphatic rings. The summed E-state index contributed by atoms with van der Waals surface area (Å²) < 4.78 is 71.0. The van der Waals surface area contributed by atoms with Gasteiger partial charge in [0.1, 0.15) is 0 Å². The van der Waals surface area contributed by atoms with Crippen LogP contribution in [0.2, 0.25) is 0 Å². The van der Waals surface area contributed by atoms with Gasteiger partial charge in [0, 0.05) is 16.7 Å². The number of benzene rings is 3. The Balaban J connectivity index is 1.46. The molecule has 1 aliphatic heterocycles. The number of rotatable bonds is 11. The second-order valence-electron chi connectivity index (χ2n) is 10.1. The van der Waals surface area contributed by atoms with Crippen LogP contribution in [0.5, 0.6) is 5.75 Å². The number of unbranched alkanes of at least 4 members (excludes halogenated alkanes) is 2. The third-order valence-electron chi connectivity index (χ3n) is 7.37. The lowest BCUT2D eigenvalue weighted by molar-refractivity contribution is -0.0210. The molecule has 3 aromatic rings. The molecule has 0 aliphatic carbocycles. The van der Waals surface area contributed by atoms with E-state index in [1.165, 1.54) is 12.1 Å². The first-order chi connectivity index (χ1) is 18.9. The molecule has 2 unspecified atom stereocenters. The maximum absolute atomic E-state index is 15.2. The van der Waals surface area contributed by atoms with Gasteiger partial charge >= 0.3 is 0 Å². The Morgan fingerprint density at radius 2 is 1.49 bits per heavy atom. The Morgan fingerprint density at radius 1 is 0.821 bits per heavy atom. The predicted molar refractivity (Wildman–Crippen MR) is 148 cm³/mol. The largest absolute Gasteiger partial charge is 0.490 e. The maximum Gasteiger partial charge on any atom is 0.201 e. The minimum absolute atomic E-state index is 0.0698. The van der Waals surface area contributed by atoms with Crippen molar-refractivity contribution in [2.24, 2.45) is 5.92 Å². The first-order valence-electron chi connectivity index (χ1n) is 13.9. The molecule has 0 aromatic heterocycles. The van der Waals surface area contributed by atoms with E-state index in [4.69, 9.17) is 9.47 Å². The number of allylic oxidation sites excluding steroid dienone is 2. The van der Waals surface area contributed by atoms with E-state index in [0.717, 1.165) is 38.5 Å². The van der Waals surface area contributed by atoms with Gasteiger partial charge in [-0.2, -0.15) is 4.39 Å². The van der Waals surface area contributed by atoms with Crippen LogP contribution in [0, 0.1) is 29.2 Å². The predicted octanol–water partition coefficient (Wildman–Crippen LogP) is 9.97. The quantitative estimate of drug-likeness (QED) is 0.137. The van der Waals surface area contributed by atoms with Crippen LogP contribution in [0.3, 0.4) is 0 Å². The molecule has 0 bridgehead atoms. The first-order valence-corrected chi connectivity index (χ1v) is 13.9. The van der Waals surface area contributed by atoms with Crippen LogP contribution in [0.25, 0.3) is 22.3 Å². The van der Waals surface area contributed by atoms with Crippen molar-refractivity contribution in [2.75, 3.05) is 13.2 Å². The Labute approximate surface area is 228 Å². The molecular formula is C33H36F4O2. The highest BCUT2D eigenvalue weighted by atomic mass is 19.2. The zero-order valence-electron chi connectivity index (χ0n) is 22.6. The molecule has 4 rings (SSSR count). The monoisotopic (exact) mass is 540 g/mol. The highest BCUT2D eigenvalue weighted by Gasteiger charge is 2.27. The summed E-state index contributed by atoms with van der Waals surface area (Å²) in [6.45, 7) is 4.90. The van der Waals surface area contributed by atoms with Gasteiger partial charge in [0.25, 0.3) is 0 Å². The van der Waals surface area contributed by atoms with Crippen molar-refractivity contribution in [1.29, 1.82) is 0 Å². The summed E-state index contributed by atoms with van der Waals surface area (Å²) in [4.78, 5) is 0. The number of halogens is 4. The molecule has 3 aromatic carbocycles. The van der Waals surface area contributed by atoms with Crippen LogP contribution in [-0.2, 0) is 4.74 Å². The molecule has 0 N–H and O–H groups in total. The average Bonchev–Trinajstić information content (AvgIpc) is 2.96. The molecule has 39 heavy (non-hydrogen) atoms. The molecule has 0 radical (unpaired) electrons. The molecule has 1 saturated heterocycles. The number of hydrogen-bond acceptors (Lipinski definition) is 2. The van der Waals surface area contributed by atoms with Gasteiger partial charge in [-0.25, -0.2) is 13.2 Å². The van der Waals surface area contributed by atoms with E-state index >= 15 is 8.78 Å². The highest BCUT2D eigenvalue weighted by Crippen LogP contribution is 2.37. The fourth-order valence-electron chi connectivity index (χ4n) is 5.04. The van der Waals surface area contributed by atoms with Gasteiger partial charge < -0.3 is 9.47 Å². The van der Waals surface area contributed by atoms with E-state index < -0.39 is 29.4 Å². The number of hydrogen-bond donors (Lipinski definition) is 0. The van der Waals surface area contributed by atoms with Crippen LogP contribution in [-0.4, -0.2) is 13.2 Å². The Bertz CT molecular complexity index is 1260. The zero-order valence-corrected chi connectivity index (χ0v) is 22.6. The summed E-state index contributed by atoms with van der Waals surface area (Å²) in [5, 5.41) is 0. The molecule has 6 heteroatoms. The molecule has 0 spiro atoms. The van der Waals surface area contributed by atoms with Crippen molar-refractivity contribution in [2.45, 2.75) is 64.9 Å². The first kappa shape index (κ1) is 28.9. The van der Waals surface area contributed by atoms with E-state index in [9.17, 15) is 8.78 Å². The lowest BCUT2D eigenvalue weighted by Gasteiger charge is -2.29. The lowest BCUT2D eigenvalue weighted by atomic mass is 9.90. The maximum atomic E-state index is 15.2. The van der Waals surface area contributed by atoms with Crippen LogP contribution in [0.1, 0.15) is 70.5 Å². The van der Waals surface area contributed by atoms with Crippen molar-refractivity contribution in [3.05, 3.63) is 89.5 Å². The van der Waals surface area contributed by atoms with E-state index in [1.807, 2.05) is 13.0 Å².